The quantitative estimate of drug-likeness (QED) is 0.834. The first-order valence-corrected chi connectivity index (χ1v) is 5.81. The Bertz CT molecular complexity index is 432. The van der Waals surface area contributed by atoms with Gasteiger partial charge >= 0.3 is 0 Å². The number of amides is 1. The number of rotatable bonds is 3. The van der Waals surface area contributed by atoms with Crippen LogP contribution in [0.15, 0.2) is 18.2 Å². The molecule has 1 aromatic rings. The lowest BCUT2D eigenvalue weighted by atomic mass is 10.0. The summed E-state index contributed by atoms with van der Waals surface area (Å²) in [7, 11) is 0. The van der Waals surface area contributed by atoms with E-state index in [0.29, 0.717) is 5.02 Å². The lowest BCUT2D eigenvalue weighted by Crippen LogP contribution is -2.35. The normalized spacial score (nSPS) is 16.9. The Labute approximate surface area is 103 Å². The molecule has 1 N–H and O–H groups in total. The molecule has 0 radical (unpaired) electrons. The standard InChI is InChI=1S/C11H10Cl2FNO/c12-6-10(16)15-11(3-4-11)8-2-1-7(14)5-9(8)13/h1-2,5H,3-4,6H2,(H,15,16). The molecule has 0 saturated heterocycles. The van der Waals surface area contributed by atoms with Crippen LogP contribution in [0.3, 0.4) is 0 Å². The molecule has 0 aromatic heterocycles. The van der Waals surface area contributed by atoms with E-state index in [1.54, 1.807) is 6.07 Å². The molecule has 16 heavy (non-hydrogen) atoms. The Morgan fingerprint density at radius 2 is 2.19 bits per heavy atom. The molecule has 1 fully saturated rings. The van der Waals surface area contributed by atoms with Gasteiger partial charge in [-0.1, -0.05) is 17.7 Å². The average Bonchev–Trinajstić information content (AvgIpc) is 2.98. The van der Waals surface area contributed by atoms with Crippen molar-refractivity contribution >= 4 is 29.1 Å². The maximum atomic E-state index is 12.9. The summed E-state index contributed by atoms with van der Waals surface area (Å²) in [4.78, 5) is 11.3. The van der Waals surface area contributed by atoms with Crippen LogP contribution in [-0.4, -0.2) is 11.8 Å². The highest BCUT2D eigenvalue weighted by atomic mass is 35.5. The van der Waals surface area contributed by atoms with Gasteiger partial charge in [0.15, 0.2) is 0 Å². The molecule has 5 heteroatoms. The number of alkyl halides is 1. The number of nitrogens with one attached hydrogen (secondary N) is 1. The molecule has 1 aromatic carbocycles. The molecule has 0 atom stereocenters. The molecule has 2 nitrogen and oxygen atoms in total. The van der Waals surface area contributed by atoms with E-state index in [-0.39, 0.29) is 17.6 Å². The molecule has 0 heterocycles. The van der Waals surface area contributed by atoms with E-state index < -0.39 is 5.54 Å². The Morgan fingerprint density at radius 1 is 1.50 bits per heavy atom. The third-order valence-electron chi connectivity index (χ3n) is 2.70. The van der Waals surface area contributed by atoms with E-state index in [9.17, 15) is 9.18 Å². The Hall–Kier alpha value is -0.800. The summed E-state index contributed by atoms with van der Waals surface area (Å²) in [6.45, 7) is 0. The van der Waals surface area contributed by atoms with Gasteiger partial charge in [-0.3, -0.25) is 4.79 Å². The van der Waals surface area contributed by atoms with Gasteiger partial charge in [0.05, 0.1) is 5.54 Å². The summed E-state index contributed by atoms with van der Waals surface area (Å²) in [5, 5.41) is 3.16. The fourth-order valence-corrected chi connectivity index (χ4v) is 2.18. The SMILES string of the molecule is O=C(CCl)NC1(c2ccc(F)cc2Cl)CC1. The van der Waals surface area contributed by atoms with Crippen molar-refractivity contribution in [2.75, 3.05) is 5.88 Å². The Morgan fingerprint density at radius 3 is 2.69 bits per heavy atom. The van der Waals surface area contributed by atoms with E-state index in [2.05, 4.69) is 5.32 Å². The molecule has 0 bridgehead atoms. The predicted octanol–water partition coefficient (Wildman–Crippen LogP) is 2.82. The molecule has 0 spiro atoms. The van der Waals surface area contributed by atoms with Gasteiger partial charge in [-0.05, 0) is 30.5 Å². The maximum Gasteiger partial charge on any atom is 0.235 e. The highest BCUT2D eigenvalue weighted by molar-refractivity contribution is 6.31. The van der Waals surface area contributed by atoms with Crippen molar-refractivity contribution in [2.45, 2.75) is 18.4 Å². The van der Waals surface area contributed by atoms with Crippen LogP contribution in [0.2, 0.25) is 5.02 Å². The van der Waals surface area contributed by atoms with Gasteiger partial charge in [-0.15, -0.1) is 11.6 Å². The zero-order valence-electron chi connectivity index (χ0n) is 8.40. The van der Waals surface area contributed by atoms with E-state index in [0.717, 1.165) is 18.4 Å². The van der Waals surface area contributed by atoms with Gasteiger partial charge in [0, 0.05) is 5.02 Å². The highest BCUT2D eigenvalue weighted by Gasteiger charge is 2.46. The molecule has 1 aliphatic rings. The van der Waals surface area contributed by atoms with E-state index in [1.165, 1.54) is 12.1 Å². The molecule has 0 unspecified atom stereocenters. The van der Waals surface area contributed by atoms with Crippen LogP contribution in [0.5, 0.6) is 0 Å². The molecule has 86 valence electrons. The van der Waals surface area contributed by atoms with Crippen LogP contribution < -0.4 is 5.32 Å². The number of hydrogen-bond donors (Lipinski definition) is 1. The third-order valence-corrected chi connectivity index (χ3v) is 3.25. The molecular formula is C11H10Cl2FNO. The van der Waals surface area contributed by atoms with Crippen LogP contribution in [0, 0.1) is 5.82 Å². The third kappa shape index (κ3) is 2.15. The van der Waals surface area contributed by atoms with Gasteiger partial charge in [0.2, 0.25) is 5.91 Å². The minimum absolute atomic E-state index is 0.0828. The fraction of sp³-hybridized carbons (Fsp3) is 0.364. The van der Waals surface area contributed by atoms with Crippen molar-refractivity contribution in [3.05, 3.63) is 34.6 Å². The zero-order chi connectivity index (χ0) is 11.8. The first kappa shape index (κ1) is 11.7. The predicted molar refractivity (Wildman–Crippen MR) is 61.2 cm³/mol. The van der Waals surface area contributed by atoms with Crippen LogP contribution in [0.25, 0.3) is 0 Å². The van der Waals surface area contributed by atoms with Gasteiger partial charge in [-0.2, -0.15) is 0 Å². The summed E-state index contributed by atoms with van der Waals surface area (Å²) in [6.07, 6.45) is 1.61. The summed E-state index contributed by atoms with van der Waals surface area (Å²) in [5.41, 5.74) is 0.325. The minimum Gasteiger partial charge on any atom is -0.345 e. The lowest BCUT2D eigenvalue weighted by Gasteiger charge is -2.18. The minimum atomic E-state index is -0.434. The number of benzene rings is 1. The number of carbonyl (C=O) groups excluding carboxylic acids is 1. The van der Waals surface area contributed by atoms with E-state index >= 15 is 0 Å². The van der Waals surface area contributed by atoms with Gasteiger partial charge < -0.3 is 5.32 Å². The van der Waals surface area contributed by atoms with E-state index in [1.807, 2.05) is 0 Å². The van der Waals surface area contributed by atoms with Crippen LogP contribution in [0.1, 0.15) is 18.4 Å². The van der Waals surface area contributed by atoms with Crippen LogP contribution in [0.4, 0.5) is 4.39 Å². The molecule has 2 rings (SSSR count). The zero-order valence-corrected chi connectivity index (χ0v) is 9.91. The van der Waals surface area contributed by atoms with Crippen molar-refractivity contribution in [2.24, 2.45) is 0 Å². The van der Waals surface area contributed by atoms with Crippen molar-refractivity contribution in [3.63, 3.8) is 0 Å². The van der Waals surface area contributed by atoms with Crippen LogP contribution >= 0.6 is 23.2 Å². The van der Waals surface area contributed by atoms with Gasteiger partial charge in [0.25, 0.3) is 0 Å². The van der Waals surface area contributed by atoms with Crippen molar-refractivity contribution in [3.8, 4) is 0 Å². The topological polar surface area (TPSA) is 29.1 Å². The van der Waals surface area contributed by atoms with Crippen molar-refractivity contribution in [1.29, 1.82) is 0 Å². The number of halogens is 3. The first-order chi connectivity index (χ1) is 7.57. The average molecular weight is 262 g/mol. The number of hydrogen-bond acceptors (Lipinski definition) is 1. The molecule has 0 aliphatic heterocycles. The highest BCUT2D eigenvalue weighted by Crippen LogP contribution is 2.48. The molecule has 1 saturated carbocycles. The van der Waals surface area contributed by atoms with Crippen molar-refractivity contribution < 1.29 is 9.18 Å². The molecular weight excluding hydrogens is 252 g/mol. The largest absolute Gasteiger partial charge is 0.345 e. The molecule has 1 aliphatic carbocycles. The second-order valence-corrected chi connectivity index (χ2v) is 4.56. The van der Waals surface area contributed by atoms with E-state index in [4.69, 9.17) is 23.2 Å². The fourth-order valence-electron chi connectivity index (χ4n) is 1.76. The van der Waals surface area contributed by atoms with Gasteiger partial charge in [0.1, 0.15) is 11.7 Å². The summed E-state index contributed by atoms with van der Waals surface area (Å²) < 4.78 is 12.9. The Balaban J connectivity index is 2.26. The van der Waals surface area contributed by atoms with Crippen molar-refractivity contribution in [1.82, 2.24) is 5.32 Å². The summed E-state index contributed by atoms with van der Waals surface area (Å²) >= 11 is 11.4. The maximum absolute atomic E-state index is 12.9. The second-order valence-electron chi connectivity index (χ2n) is 3.89. The summed E-state index contributed by atoms with van der Waals surface area (Å²) in [6, 6.07) is 4.21. The lowest BCUT2D eigenvalue weighted by molar-refractivity contribution is -0.119. The smallest absolute Gasteiger partial charge is 0.235 e. The second kappa shape index (κ2) is 4.22. The van der Waals surface area contributed by atoms with Gasteiger partial charge in [-0.25, -0.2) is 4.39 Å². The number of carbonyl (C=O) groups is 1. The van der Waals surface area contributed by atoms with Crippen LogP contribution in [-0.2, 0) is 10.3 Å². The summed E-state index contributed by atoms with van der Waals surface area (Å²) in [5.74, 6) is -0.701. The molecule has 1 amide bonds. The Kier molecular flexibility index (Phi) is 3.08. The first-order valence-electron chi connectivity index (χ1n) is 4.90. The monoisotopic (exact) mass is 261 g/mol.